The summed E-state index contributed by atoms with van der Waals surface area (Å²) in [7, 11) is 0. The Bertz CT molecular complexity index is 486. The van der Waals surface area contributed by atoms with Gasteiger partial charge in [0.2, 0.25) is 5.95 Å². The average molecular weight is 234 g/mol. The summed E-state index contributed by atoms with van der Waals surface area (Å²) in [6, 6.07) is 1.92. The Hall–Kier alpha value is -1.78. The van der Waals surface area contributed by atoms with Crippen LogP contribution in [0.5, 0.6) is 0 Å². The van der Waals surface area contributed by atoms with Crippen LogP contribution in [-0.4, -0.2) is 14.7 Å². The molecule has 0 aliphatic rings. The van der Waals surface area contributed by atoms with Crippen molar-refractivity contribution >= 4 is 5.95 Å². The number of rotatable bonds is 5. The maximum atomic E-state index is 5.02. The maximum absolute atomic E-state index is 5.02. The van der Waals surface area contributed by atoms with Gasteiger partial charge < -0.3 is 14.4 Å². The molecule has 2 aromatic rings. The second kappa shape index (κ2) is 5.03. The molecule has 0 aromatic carbocycles. The lowest BCUT2D eigenvalue weighted by Crippen LogP contribution is -2.07. The molecule has 2 aromatic heterocycles. The van der Waals surface area contributed by atoms with E-state index in [2.05, 4.69) is 33.1 Å². The SMILES string of the molecule is CCCn1cc(C)nc1NCc1cc(C)on1. The van der Waals surface area contributed by atoms with Crippen LogP contribution in [0, 0.1) is 13.8 Å². The molecule has 1 N–H and O–H groups in total. The number of aromatic nitrogens is 3. The summed E-state index contributed by atoms with van der Waals surface area (Å²) >= 11 is 0. The molecule has 0 atom stereocenters. The van der Waals surface area contributed by atoms with Crippen LogP contribution in [0.3, 0.4) is 0 Å². The Balaban J connectivity index is 2.02. The van der Waals surface area contributed by atoms with Gasteiger partial charge in [-0.05, 0) is 20.3 Å². The highest BCUT2D eigenvalue weighted by Gasteiger charge is 2.06. The molecule has 17 heavy (non-hydrogen) atoms. The Kier molecular flexibility index (Phi) is 3.46. The molecule has 2 heterocycles. The molecule has 0 unspecified atom stereocenters. The van der Waals surface area contributed by atoms with Gasteiger partial charge in [0.15, 0.2) is 0 Å². The van der Waals surface area contributed by atoms with Crippen LogP contribution < -0.4 is 5.32 Å². The number of anilines is 1. The predicted octanol–water partition coefficient (Wildman–Crippen LogP) is 2.51. The molecule has 5 nitrogen and oxygen atoms in total. The van der Waals surface area contributed by atoms with E-state index in [1.165, 1.54) is 0 Å². The minimum absolute atomic E-state index is 0.636. The first-order chi connectivity index (χ1) is 8.19. The quantitative estimate of drug-likeness (QED) is 0.863. The largest absolute Gasteiger partial charge is 0.361 e. The van der Waals surface area contributed by atoms with Gasteiger partial charge in [-0.3, -0.25) is 0 Å². The average Bonchev–Trinajstić information content (AvgIpc) is 2.83. The normalized spacial score (nSPS) is 10.8. The van der Waals surface area contributed by atoms with Gasteiger partial charge >= 0.3 is 0 Å². The fraction of sp³-hybridized carbons (Fsp3) is 0.500. The Morgan fingerprint density at radius 2 is 2.24 bits per heavy atom. The van der Waals surface area contributed by atoms with E-state index in [-0.39, 0.29) is 0 Å². The fourth-order valence-corrected chi connectivity index (χ4v) is 1.77. The van der Waals surface area contributed by atoms with Crippen LogP contribution in [0.2, 0.25) is 0 Å². The van der Waals surface area contributed by atoms with E-state index in [1.54, 1.807) is 0 Å². The highest BCUT2D eigenvalue weighted by Crippen LogP contribution is 2.11. The molecule has 0 aliphatic carbocycles. The Morgan fingerprint density at radius 3 is 2.88 bits per heavy atom. The van der Waals surface area contributed by atoms with E-state index in [0.29, 0.717) is 6.54 Å². The summed E-state index contributed by atoms with van der Waals surface area (Å²) in [5, 5.41) is 7.22. The van der Waals surface area contributed by atoms with Crippen molar-refractivity contribution in [3.63, 3.8) is 0 Å². The third-order valence-electron chi connectivity index (χ3n) is 2.47. The third-order valence-corrected chi connectivity index (χ3v) is 2.47. The van der Waals surface area contributed by atoms with Crippen molar-refractivity contribution in [2.45, 2.75) is 40.3 Å². The second-order valence-electron chi connectivity index (χ2n) is 4.18. The van der Waals surface area contributed by atoms with E-state index in [9.17, 15) is 0 Å². The van der Waals surface area contributed by atoms with Crippen molar-refractivity contribution in [1.29, 1.82) is 0 Å². The smallest absolute Gasteiger partial charge is 0.203 e. The van der Waals surface area contributed by atoms with Gasteiger partial charge in [-0.15, -0.1) is 0 Å². The minimum Gasteiger partial charge on any atom is -0.361 e. The van der Waals surface area contributed by atoms with Gasteiger partial charge in [0.05, 0.1) is 12.2 Å². The van der Waals surface area contributed by atoms with Crippen LogP contribution in [-0.2, 0) is 13.1 Å². The van der Waals surface area contributed by atoms with Crippen LogP contribution in [0.25, 0.3) is 0 Å². The summed E-state index contributed by atoms with van der Waals surface area (Å²) in [5.74, 6) is 1.72. The first-order valence-corrected chi connectivity index (χ1v) is 5.89. The number of hydrogen-bond donors (Lipinski definition) is 1. The molecule has 0 fully saturated rings. The molecular formula is C12H18N4O. The van der Waals surface area contributed by atoms with Crippen LogP contribution in [0.4, 0.5) is 5.95 Å². The third kappa shape index (κ3) is 2.87. The fourth-order valence-electron chi connectivity index (χ4n) is 1.77. The summed E-state index contributed by atoms with van der Waals surface area (Å²) in [6.07, 6.45) is 3.15. The molecule has 0 bridgehead atoms. The molecule has 92 valence electrons. The molecule has 2 rings (SSSR count). The van der Waals surface area contributed by atoms with Crippen molar-refractivity contribution in [2.75, 3.05) is 5.32 Å². The first kappa shape index (κ1) is 11.7. The Morgan fingerprint density at radius 1 is 1.41 bits per heavy atom. The molecule has 0 radical (unpaired) electrons. The van der Waals surface area contributed by atoms with Crippen molar-refractivity contribution in [2.24, 2.45) is 0 Å². The van der Waals surface area contributed by atoms with E-state index >= 15 is 0 Å². The molecule has 0 spiro atoms. The minimum atomic E-state index is 0.636. The molecule has 0 amide bonds. The summed E-state index contributed by atoms with van der Waals surface area (Å²) in [4.78, 5) is 4.44. The first-order valence-electron chi connectivity index (χ1n) is 5.89. The lowest BCUT2D eigenvalue weighted by atomic mass is 10.4. The predicted molar refractivity (Wildman–Crippen MR) is 65.8 cm³/mol. The van der Waals surface area contributed by atoms with Crippen molar-refractivity contribution in [3.8, 4) is 0 Å². The highest BCUT2D eigenvalue weighted by molar-refractivity contribution is 5.29. The monoisotopic (exact) mass is 234 g/mol. The molecule has 0 saturated heterocycles. The van der Waals surface area contributed by atoms with Crippen LogP contribution in [0.1, 0.15) is 30.5 Å². The zero-order chi connectivity index (χ0) is 12.3. The van der Waals surface area contributed by atoms with Gasteiger partial charge in [-0.1, -0.05) is 12.1 Å². The van der Waals surface area contributed by atoms with Gasteiger partial charge in [-0.2, -0.15) is 0 Å². The summed E-state index contributed by atoms with van der Waals surface area (Å²) in [5.41, 5.74) is 1.92. The van der Waals surface area contributed by atoms with Gasteiger partial charge in [0.25, 0.3) is 0 Å². The molecule has 0 saturated carbocycles. The number of imidazole rings is 1. The Labute approximate surface area is 101 Å². The van der Waals surface area contributed by atoms with E-state index < -0.39 is 0 Å². The van der Waals surface area contributed by atoms with Gasteiger partial charge in [0, 0.05) is 18.8 Å². The lowest BCUT2D eigenvalue weighted by Gasteiger charge is -2.06. The van der Waals surface area contributed by atoms with Crippen LogP contribution >= 0.6 is 0 Å². The van der Waals surface area contributed by atoms with Gasteiger partial charge in [0.1, 0.15) is 11.5 Å². The van der Waals surface area contributed by atoms with Crippen molar-refractivity contribution in [3.05, 3.63) is 29.4 Å². The number of hydrogen-bond acceptors (Lipinski definition) is 4. The van der Waals surface area contributed by atoms with Gasteiger partial charge in [-0.25, -0.2) is 4.98 Å². The molecule has 0 aliphatic heterocycles. The summed E-state index contributed by atoms with van der Waals surface area (Å²) < 4.78 is 7.15. The molecular weight excluding hydrogens is 216 g/mol. The number of nitrogens with one attached hydrogen (secondary N) is 1. The zero-order valence-corrected chi connectivity index (χ0v) is 10.5. The topological polar surface area (TPSA) is 55.9 Å². The van der Waals surface area contributed by atoms with E-state index in [0.717, 1.165) is 36.1 Å². The maximum Gasteiger partial charge on any atom is 0.203 e. The van der Waals surface area contributed by atoms with Crippen LogP contribution in [0.15, 0.2) is 16.8 Å². The van der Waals surface area contributed by atoms with Crippen molar-refractivity contribution in [1.82, 2.24) is 14.7 Å². The number of nitrogens with zero attached hydrogens (tertiary/aromatic N) is 3. The lowest BCUT2D eigenvalue weighted by molar-refractivity contribution is 0.391. The highest BCUT2D eigenvalue weighted by atomic mass is 16.5. The molecule has 5 heteroatoms. The van der Waals surface area contributed by atoms with E-state index in [1.807, 2.05) is 19.9 Å². The van der Waals surface area contributed by atoms with E-state index in [4.69, 9.17) is 4.52 Å². The second-order valence-corrected chi connectivity index (χ2v) is 4.18. The van der Waals surface area contributed by atoms with Crippen molar-refractivity contribution < 1.29 is 4.52 Å². The number of aryl methyl sites for hydroxylation is 3. The zero-order valence-electron chi connectivity index (χ0n) is 10.5. The summed E-state index contributed by atoms with van der Waals surface area (Å²) in [6.45, 7) is 7.65. The standard InChI is InChI=1S/C12H18N4O/c1-4-5-16-8-9(2)14-12(16)13-7-11-6-10(3)17-15-11/h6,8H,4-5,7H2,1-3H3,(H,13,14).